The van der Waals surface area contributed by atoms with Crippen molar-refractivity contribution >= 4 is 5.91 Å². The number of nitrogens with zero attached hydrogens (tertiary/aromatic N) is 3. The van der Waals surface area contributed by atoms with Crippen LogP contribution in [0, 0.1) is 0 Å². The van der Waals surface area contributed by atoms with Gasteiger partial charge < -0.3 is 14.6 Å². The number of benzene rings is 1. The third kappa shape index (κ3) is 4.39. The molecule has 2 heterocycles. The molecule has 134 valence electrons. The normalized spacial score (nSPS) is 18.6. The van der Waals surface area contributed by atoms with Crippen molar-refractivity contribution < 1.29 is 9.53 Å². The van der Waals surface area contributed by atoms with Gasteiger partial charge in [-0.05, 0) is 31.5 Å². The molecule has 1 fully saturated rings. The van der Waals surface area contributed by atoms with Gasteiger partial charge in [-0.3, -0.25) is 9.69 Å². The molecule has 2 aromatic rings. The van der Waals surface area contributed by atoms with Crippen LogP contribution in [0.5, 0.6) is 5.75 Å². The molecule has 0 saturated carbocycles. The first-order chi connectivity index (χ1) is 12.0. The molecule has 1 aromatic heterocycles. The number of carbonyl (C=O) groups is 1. The molecule has 3 rings (SSSR count). The number of hydrogen-bond acceptors (Lipinski definition) is 4. The highest BCUT2D eigenvalue weighted by Crippen LogP contribution is 2.28. The Morgan fingerprint density at radius 2 is 2.08 bits per heavy atom. The van der Waals surface area contributed by atoms with Crippen LogP contribution in [0.2, 0.25) is 0 Å². The number of nitrogens with one attached hydrogen (secondary N) is 1. The lowest BCUT2D eigenvalue weighted by Gasteiger charge is -2.41. The van der Waals surface area contributed by atoms with Gasteiger partial charge in [-0.15, -0.1) is 0 Å². The van der Waals surface area contributed by atoms with Gasteiger partial charge in [0.1, 0.15) is 11.6 Å². The number of H-pyrrole nitrogens is 1. The Morgan fingerprint density at radius 3 is 2.68 bits per heavy atom. The highest BCUT2D eigenvalue weighted by Gasteiger charge is 2.29. The van der Waals surface area contributed by atoms with E-state index in [0.29, 0.717) is 6.54 Å². The SMILES string of the molecule is CC(=O)N1CCN(Cc2ncc[nH]2)[C@H](c2ccc(OC(C)C)cc2)C1. The maximum atomic E-state index is 11.8. The van der Waals surface area contributed by atoms with Crippen molar-refractivity contribution in [1.82, 2.24) is 19.8 Å². The van der Waals surface area contributed by atoms with Crippen LogP contribution in [0.1, 0.15) is 38.2 Å². The van der Waals surface area contributed by atoms with Gasteiger partial charge in [0, 0.05) is 39.0 Å². The summed E-state index contributed by atoms with van der Waals surface area (Å²) >= 11 is 0. The standard InChI is InChI=1S/C19H26N4O2/c1-14(2)25-17-6-4-16(5-7-17)18-12-22(15(3)24)10-11-23(18)13-19-20-8-9-21-19/h4-9,14,18H,10-13H2,1-3H3,(H,20,21)/t18-/m0/s1. The molecule has 1 saturated heterocycles. The Balaban J connectivity index is 1.79. The molecule has 1 aromatic carbocycles. The summed E-state index contributed by atoms with van der Waals surface area (Å²) in [6.45, 7) is 8.69. The molecule has 25 heavy (non-hydrogen) atoms. The van der Waals surface area contributed by atoms with Crippen LogP contribution in [0.25, 0.3) is 0 Å². The number of rotatable bonds is 5. The van der Waals surface area contributed by atoms with E-state index in [0.717, 1.165) is 31.2 Å². The van der Waals surface area contributed by atoms with E-state index in [1.54, 1.807) is 13.1 Å². The monoisotopic (exact) mass is 342 g/mol. The number of ether oxygens (including phenoxy) is 1. The predicted molar refractivity (Wildman–Crippen MR) is 96.2 cm³/mol. The van der Waals surface area contributed by atoms with Crippen molar-refractivity contribution in [1.29, 1.82) is 0 Å². The highest BCUT2D eigenvalue weighted by molar-refractivity contribution is 5.73. The van der Waals surface area contributed by atoms with E-state index >= 15 is 0 Å². The van der Waals surface area contributed by atoms with Crippen LogP contribution >= 0.6 is 0 Å². The smallest absolute Gasteiger partial charge is 0.219 e. The number of carbonyl (C=O) groups excluding carboxylic acids is 1. The molecule has 0 spiro atoms. The Hall–Kier alpha value is -2.34. The van der Waals surface area contributed by atoms with Gasteiger partial charge in [-0.2, -0.15) is 0 Å². The number of aromatic nitrogens is 2. The molecule has 1 atom stereocenters. The third-order valence-corrected chi connectivity index (χ3v) is 4.48. The van der Waals surface area contributed by atoms with Crippen molar-refractivity contribution in [3.8, 4) is 5.75 Å². The van der Waals surface area contributed by atoms with Crippen molar-refractivity contribution in [2.75, 3.05) is 19.6 Å². The fraction of sp³-hybridized carbons (Fsp3) is 0.474. The molecule has 0 unspecified atom stereocenters. The van der Waals surface area contributed by atoms with Crippen LogP contribution in [0.4, 0.5) is 0 Å². The van der Waals surface area contributed by atoms with Crippen LogP contribution in [-0.4, -0.2) is 51.4 Å². The second-order valence-corrected chi connectivity index (χ2v) is 6.72. The fourth-order valence-electron chi connectivity index (χ4n) is 3.23. The van der Waals surface area contributed by atoms with Gasteiger partial charge in [0.2, 0.25) is 5.91 Å². The van der Waals surface area contributed by atoms with Gasteiger partial charge in [-0.25, -0.2) is 4.98 Å². The molecule has 0 aliphatic carbocycles. The second kappa shape index (κ2) is 7.70. The number of amides is 1. The number of imidazole rings is 1. The number of hydrogen-bond donors (Lipinski definition) is 1. The van der Waals surface area contributed by atoms with Crippen LogP contribution < -0.4 is 4.74 Å². The maximum Gasteiger partial charge on any atom is 0.219 e. The molecule has 0 bridgehead atoms. The van der Waals surface area contributed by atoms with E-state index in [2.05, 4.69) is 27.0 Å². The minimum absolute atomic E-state index is 0.127. The molecule has 6 nitrogen and oxygen atoms in total. The molecule has 1 aliphatic rings. The summed E-state index contributed by atoms with van der Waals surface area (Å²) in [5.74, 6) is 1.94. The van der Waals surface area contributed by atoms with E-state index in [4.69, 9.17) is 4.74 Å². The quantitative estimate of drug-likeness (QED) is 0.907. The fourth-order valence-corrected chi connectivity index (χ4v) is 3.23. The lowest BCUT2D eigenvalue weighted by atomic mass is 10.0. The zero-order chi connectivity index (χ0) is 17.8. The molecule has 1 aliphatic heterocycles. The Morgan fingerprint density at radius 1 is 1.32 bits per heavy atom. The second-order valence-electron chi connectivity index (χ2n) is 6.72. The van der Waals surface area contributed by atoms with E-state index in [1.165, 1.54) is 5.56 Å². The molecule has 1 amide bonds. The van der Waals surface area contributed by atoms with E-state index in [-0.39, 0.29) is 18.1 Å². The summed E-state index contributed by atoms with van der Waals surface area (Å²) in [5, 5.41) is 0. The van der Waals surface area contributed by atoms with Crippen molar-refractivity contribution in [3.05, 3.63) is 48.0 Å². The lowest BCUT2D eigenvalue weighted by molar-refractivity contribution is -0.132. The average Bonchev–Trinajstić information content (AvgIpc) is 3.08. The van der Waals surface area contributed by atoms with Crippen molar-refractivity contribution in [2.24, 2.45) is 0 Å². The van der Waals surface area contributed by atoms with Gasteiger partial charge in [-0.1, -0.05) is 12.1 Å². The number of aromatic amines is 1. The zero-order valence-corrected chi connectivity index (χ0v) is 15.1. The van der Waals surface area contributed by atoms with Crippen LogP contribution in [-0.2, 0) is 11.3 Å². The van der Waals surface area contributed by atoms with Crippen LogP contribution in [0.3, 0.4) is 0 Å². The highest BCUT2D eigenvalue weighted by atomic mass is 16.5. The van der Waals surface area contributed by atoms with E-state index < -0.39 is 0 Å². The summed E-state index contributed by atoms with van der Waals surface area (Å²) in [7, 11) is 0. The Kier molecular flexibility index (Phi) is 5.38. The zero-order valence-electron chi connectivity index (χ0n) is 15.1. The minimum Gasteiger partial charge on any atom is -0.491 e. The average molecular weight is 342 g/mol. The summed E-state index contributed by atoms with van der Waals surface area (Å²) in [5.41, 5.74) is 1.19. The minimum atomic E-state index is 0.127. The molecule has 6 heteroatoms. The van der Waals surface area contributed by atoms with Crippen LogP contribution in [0.15, 0.2) is 36.7 Å². The van der Waals surface area contributed by atoms with Gasteiger partial charge in [0.05, 0.1) is 18.7 Å². The van der Waals surface area contributed by atoms with Gasteiger partial charge in [0.25, 0.3) is 0 Å². The van der Waals surface area contributed by atoms with E-state index in [1.807, 2.05) is 37.1 Å². The summed E-state index contributed by atoms with van der Waals surface area (Å²) in [6, 6.07) is 8.36. The predicted octanol–water partition coefficient (Wildman–Crippen LogP) is 2.60. The first kappa shape index (κ1) is 17.5. The topological polar surface area (TPSA) is 61.5 Å². The third-order valence-electron chi connectivity index (χ3n) is 4.48. The lowest BCUT2D eigenvalue weighted by Crippen LogP contribution is -2.49. The molecule has 1 N–H and O–H groups in total. The molecular formula is C19H26N4O2. The molecular weight excluding hydrogens is 316 g/mol. The molecule has 0 radical (unpaired) electrons. The first-order valence-electron chi connectivity index (χ1n) is 8.77. The Labute approximate surface area is 148 Å². The van der Waals surface area contributed by atoms with Crippen molar-refractivity contribution in [3.63, 3.8) is 0 Å². The van der Waals surface area contributed by atoms with Gasteiger partial charge >= 0.3 is 0 Å². The summed E-state index contributed by atoms with van der Waals surface area (Å²) in [4.78, 5) is 23.6. The number of piperazine rings is 1. The summed E-state index contributed by atoms with van der Waals surface area (Å²) in [6.07, 6.45) is 3.77. The Bertz CT molecular complexity index is 682. The largest absolute Gasteiger partial charge is 0.491 e. The van der Waals surface area contributed by atoms with Crippen molar-refractivity contribution in [2.45, 2.75) is 39.5 Å². The summed E-state index contributed by atoms with van der Waals surface area (Å²) < 4.78 is 5.73. The maximum absolute atomic E-state index is 11.8. The van der Waals surface area contributed by atoms with E-state index in [9.17, 15) is 4.79 Å². The first-order valence-corrected chi connectivity index (χ1v) is 8.77. The van der Waals surface area contributed by atoms with Gasteiger partial charge in [0.15, 0.2) is 0 Å².